The zero-order valence-corrected chi connectivity index (χ0v) is 8.03. The highest BCUT2D eigenvalue weighted by Crippen LogP contribution is 2.37. The highest BCUT2D eigenvalue weighted by atomic mass is 15.0. The monoisotopic (exact) mass is 186 g/mol. The van der Waals surface area contributed by atoms with Gasteiger partial charge in [0.25, 0.3) is 0 Å². The Bertz CT molecular complexity index is 388. The Kier molecular flexibility index (Phi) is 2.07. The fourth-order valence-corrected chi connectivity index (χ4v) is 2.16. The average molecular weight is 186 g/mol. The van der Waals surface area contributed by atoms with Gasteiger partial charge in [-0.15, -0.1) is 12.3 Å². The van der Waals surface area contributed by atoms with Gasteiger partial charge in [-0.1, -0.05) is 24.3 Å². The van der Waals surface area contributed by atoms with Crippen molar-refractivity contribution < 1.29 is 0 Å². The van der Waals surface area contributed by atoms with Gasteiger partial charge in [0.15, 0.2) is 0 Å². The summed E-state index contributed by atoms with van der Waals surface area (Å²) in [6, 6.07) is 8.03. The van der Waals surface area contributed by atoms with Crippen LogP contribution in [0.2, 0.25) is 0 Å². The molecule has 0 aliphatic heterocycles. The molecule has 4 N–H and O–H groups in total. The van der Waals surface area contributed by atoms with Gasteiger partial charge in [0.2, 0.25) is 0 Å². The minimum absolute atomic E-state index is 0.171. The van der Waals surface area contributed by atoms with Gasteiger partial charge in [-0.05, 0) is 17.5 Å². The lowest BCUT2D eigenvalue weighted by Crippen LogP contribution is -2.49. The third-order valence-electron chi connectivity index (χ3n) is 2.99. The van der Waals surface area contributed by atoms with Gasteiger partial charge in [0.1, 0.15) is 0 Å². The van der Waals surface area contributed by atoms with Gasteiger partial charge in [-0.2, -0.15) is 0 Å². The Morgan fingerprint density at radius 2 is 2.14 bits per heavy atom. The number of rotatable bonds is 1. The summed E-state index contributed by atoms with van der Waals surface area (Å²) < 4.78 is 0. The first-order chi connectivity index (χ1) is 6.66. The molecule has 2 nitrogen and oxygen atoms in total. The Hall–Kier alpha value is -1.30. The van der Waals surface area contributed by atoms with Gasteiger partial charge in [0.05, 0.1) is 5.66 Å². The van der Waals surface area contributed by atoms with Crippen LogP contribution in [0.5, 0.6) is 0 Å². The minimum atomic E-state index is -0.747. The molecule has 72 valence electrons. The summed E-state index contributed by atoms with van der Waals surface area (Å²) in [6.45, 7) is 0. The van der Waals surface area contributed by atoms with E-state index >= 15 is 0 Å². The Labute approximate surface area is 84.3 Å². The van der Waals surface area contributed by atoms with Gasteiger partial charge < -0.3 is 11.5 Å². The topological polar surface area (TPSA) is 52.0 Å². The fourth-order valence-electron chi connectivity index (χ4n) is 2.16. The van der Waals surface area contributed by atoms with E-state index in [1.165, 1.54) is 5.56 Å². The number of benzene rings is 1. The summed E-state index contributed by atoms with van der Waals surface area (Å²) in [5.41, 5.74) is 13.7. The second-order valence-electron chi connectivity index (χ2n) is 3.90. The Morgan fingerprint density at radius 1 is 1.43 bits per heavy atom. The van der Waals surface area contributed by atoms with Crippen molar-refractivity contribution in [3.8, 4) is 12.3 Å². The SMILES string of the molecule is C#CCC1Cc2ccccc2C1(N)N. The van der Waals surface area contributed by atoms with Crippen molar-refractivity contribution in [2.45, 2.75) is 18.5 Å². The van der Waals surface area contributed by atoms with Crippen molar-refractivity contribution in [3.63, 3.8) is 0 Å². The molecule has 0 saturated carbocycles. The molecule has 0 radical (unpaired) electrons. The molecule has 0 fully saturated rings. The zero-order valence-electron chi connectivity index (χ0n) is 8.03. The van der Waals surface area contributed by atoms with E-state index in [0.29, 0.717) is 6.42 Å². The van der Waals surface area contributed by atoms with Crippen LogP contribution in [0.4, 0.5) is 0 Å². The molecule has 14 heavy (non-hydrogen) atoms. The first kappa shape index (κ1) is 9.26. The smallest absolute Gasteiger partial charge is 0.0943 e. The minimum Gasteiger partial charge on any atom is -0.309 e. The highest BCUT2D eigenvalue weighted by molar-refractivity contribution is 5.39. The van der Waals surface area contributed by atoms with E-state index in [0.717, 1.165) is 12.0 Å². The first-order valence-electron chi connectivity index (χ1n) is 4.76. The van der Waals surface area contributed by atoms with E-state index in [2.05, 4.69) is 12.0 Å². The van der Waals surface area contributed by atoms with E-state index in [1.807, 2.05) is 18.2 Å². The number of hydrogen-bond donors (Lipinski definition) is 2. The van der Waals surface area contributed by atoms with Crippen LogP contribution in [0, 0.1) is 18.3 Å². The summed E-state index contributed by atoms with van der Waals surface area (Å²) in [6.07, 6.45) is 6.84. The largest absolute Gasteiger partial charge is 0.309 e. The zero-order chi connectivity index (χ0) is 10.2. The lowest BCUT2D eigenvalue weighted by atomic mass is 9.92. The molecule has 1 aromatic carbocycles. The van der Waals surface area contributed by atoms with Crippen LogP contribution in [0.15, 0.2) is 24.3 Å². The Balaban J connectivity index is 2.41. The summed E-state index contributed by atoms with van der Waals surface area (Å²) in [4.78, 5) is 0. The molecule has 1 aliphatic carbocycles. The van der Waals surface area contributed by atoms with Crippen molar-refractivity contribution in [2.75, 3.05) is 0 Å². The summed E-state index contributed by atoms with van der Waals surface area (Å²) in [7, 11) is 0. The second kappa shape index (κ2) is 3.13. The molecule has 0 saturated heterocycles. The summed E-state index contributed by atoms with van der Waals surface area (Å²) >= 11 is 0. The van der Waals surface area contributed by atoms with Gasteiger partial charge >= 0.3 is 0 Å². The van der Waals surface area contributed by atoms with Gasteiger partial charge in [-0.25, -0.2) is 0 Å². The maximum Gasteiger partial charge on any atom is 0.0943 e. The molecular formula is C12H14N2. The molecule has 0 amide bonds. The van der Waals surface area contributed by atoms with Gasteiger partial charge in [0, 0.05) is 12.3 Å². The lowest BCUT2D eigenvalue weighted by Gasteiger charge is -2.26. The molecule has 1 aromatic rings. The number of hydrogen-bond acceptors (Lipinski definition) is 2. The van der Waals surface area contributed by atoms with E-state index < -0.39 is 5.66 Å². The van der Waals surface area contributed by atoms with Crippen LogP contribution in [-0.4, -0.2) is 0 Å². The third kappa shape index (κ3) is 1.22. The maximum atomic E-state index is 6.10. The molecule has 2 rings (SSSR count). The predicted molar refractivity (Wildman–Crippen MR) is 57.1 cm³/mol. The van der Waals surface area contributed by atoms with Crippen LogP contribution >= 0.6 is 0 Å². The second-order valence-corrected chi connectivity index (χ2v) is 3.90. The highest BCUT2D eigenvalue weighted by Gasteiger charge is 2.39. The fraction of sp³-hybridized carbons (Fsp3) is 0.333. The summed E-state index contributed by atoms with van der Waals surface area (Å²) in [5, 5.41) is 0. The first-order valence-corrected chi connectivity index (χ1v) is 4.76. The van der Waals surface area contributed by atoms with E-state index in [4.69, 9.17) is 17.9 Å². The van der Waals surface area contributed by atoms with Crippen molar-refractivity contribution in [1.29, 1.82) is 0 Å². The molecule has 2 heteroatoms. The van der Waals surface area contributed by atoms with Crippen molar-refractivity contribution >= 4 is 0 Å². The molecule has 1 atom stereocenters. The number of nitrogens with two attached hydrogens (primary N) is 2. The molecule has 0 heterocycles. The molecule has 0 bridgehead atoms. The van der Waals surface area contributed by atoms with Crippen molar-refractivity contribution in [1.82, 2.24) is 0 Å². The van der Waals surface area contributed by atoms with E-state index in [9.17, 15) is 0 Å². The molecule has 0 spiro atoms. The quantitative estimate of drug-likeness (QED) is 0.507. The maximum absolute atomic E-state index is 6.10. The van der Waals surface area contributed by atoms with E-state index in [-0.39, 0.29) is 5.92 Å². The standard InChI is InChI=1S/C12H14N2/c1-2-5-10-8-9-6-3-4-7-11(9)12(10,13)14/h1,3-4,6-7,10H,5,8,13-14H2. The van der Waals surface area contributed by atoms with Crippen LogP contribution in [0.3, 0.4) is 0 Å². The molecular weight excluding hydrogens is 172 g/mol. The van der Waals surface area contributed by atoms with E-state index in [1.54, 1.807) is 0 Å². The van der Waals surface area contributed by atoms with Crippen molar-refractivity contribution in [3.05, 3.63) is 35.4 Å². The van der Waals surface area contributed by atoms with Crippen LogP contribution in [-0.2, 0) is 12.1 Å². The van der Waals surface area contributed by atoms with Crippen LogP contribution in [0.1, 0.15) is 17.5 Å². The van der Waals surface area contributed by atoms with Crippen LogP contribution < -0.4 is 11.5 Å². The lowest BCUT2D eigenvalue weighted by molar-refractivity contribution is 0.318. The summed E-state index contributed by atoms with van der Waals surface area (Å²) in [5.74, 6) is 2.81. The van der Waals surface area contributed by atoms with Crippen LogP contribution in [0.25, 0.3) is 0 Å². The number of terminal acetylenes is 1. The third-order valence-corrected chi connectivity index (χ3v) is 2.99. The van der Waals surface area contributed by atoms with Gasteiger partial charge in [-0.3, -0.25) is 0 Å². The molecule has 1 unspecified atom stereocenters. The molecule has 1 aliphatic rings. The Morgan fingerprint density at radius 3 is 2.79 bits per heavy atom. The van der Waals surface area contributed by atoms with Crippen molar-refractivity contribution in [2.24, 2.45) is 17.4 Å². The number of fused-ring (bicyclic) bond motifs is 1. The predicted octanol–water partition coefficient (Wildman–Crippen LogP) is 0.952. The molecule has 0 aromatic heterocycles. The average Bonchev–Trinajstić information content (AvgIpc) is 2.41. The normalized spacial score (nSPS) is 22.8.